The highest BCUT2D eigenvalue weighted by Gasteiger charge is 2.32. The summed E-state index contributed by atoms with van der Waals surface area (Å²) in [5, 5.41) is 18.0. The molecule has 1 aromatic heterocycles. The molecule has 1 aliphatic heterocycles. The zero-order chi connectivity index (χ0) is 23.4. The Morgan fingerprint density at radius 2 is 1.73 bits per heavy atom. The first-order chi connectivity index (χ1) is 15.8. The fraction of sp³-hybridized carbons (Fsp3) is 0.273. The Bertz CT molecular complexity index is 1230. The SMILES string of the molecule is O=C(Nc1ccn(Cc2ccccc2)n1)C1CCN(S(=O)(=O)c2ccc([N+](=O)[O-])cc2)CC1. The van der Waals surface area contributed by atoms with Crippen LogP contribution in [0.3, 0.4) is 0 Å². The second-order valence-electron chi connectivity index (χ2n) is 7.80. The van der Waals surface area contributed by atoms with Crippen molar-refractivity contribution in [3.8, 4) is 0 Å². The smallest absolute Gasteiger partial charge is 0.269 e. The summed E-state index contributed by atoms with van der Waals surface area (Å²) in [6.45, 7) is 0.981. The van der Waals surface area contributed by atoms with Crippen LogP contribution in [0.5, 0.6) is 0 Å². The molecule has 1 saturated heterocycles. The van der Waals surface area contributed by atoms with Crippen LogP contribution < -0.4 is 5.32 Å². The highest BCUT2D eigenvalue weighted by Crippen LogP contribution is 2.26. The number of anilines is 1. The number of piperidine rings is 1. The van der Waals surface area contributed by atoms with Crippen molar-refractivity contribution in [1.29, 1.82) is 0 Å². The van der Waals surface area contributed by atoms with E-state index in [2.05, 4.69) is 10.4 Å². The first-order valence-corrected chi connectivity index (χ1v) is 11.9. The molecule has 1 amide bonds. The van der Waals surface area contributed by atoms with Crippen LogP contribution in [-0.2, 0) is 21.4 Å². The summed E-state index contributed by atoms with van der Waals surface area (Å²) in [5.41, 5.74) is 0.926. The van der Waals surface area contributed by atoms with Gasteiger partial charge in [0.1, 0.15) is 0 Å². The number of sulfonamides is 1. The molecule has 0 aliphatic carbocycles. The Morgan fingerprint density at radius 3 is 2.36 bits per heavy atom. The van der Waals surface area contributed by atoms with E-state index in [1.54, 1.807) is 16.9 Å². The number of carbonyl (C=O) groups is 1. The van der Waals surface area contributed by atoms with Gasteiger partial charge in [0.05, 0.1) is 16.4 Å². The number of nitro benzene ring substituents is 1. The van der Waals surface area contributed by atoms with E-state index in [1.807, 2.05) is 30.3 Å². The molecule has 3 aromatic rings. The molecule has 2 aromatic carbocycles. The summed E-state index contributed by atoms with van der Waals surface area (Å²) in [6.07, 6.45) is 2.55. The predicted octanol–water partition coefficient (Wildman–Crippen LogP) is 2.88. The van der Waals surface area contributed by atoms with Crippen LogP contribution in [0.2, 0.25) is 0 Å². The molecule has 4 rings (SSSR count). The molecule has 0 bridgehead atoms. The van der Waals surface area contributed by atoms with Crippen LogP contribution in [-0.4, -0.2) is 46.4 Å². The molecular formula is C22H23N5O5S. The fourth-order valence-corrected chi connectivity index (χ4v) is 5.23. The molecule has 11 heteroatoms. The van der Waals surface area contributed by atoms with Crippen molar-refractivity contribution in [2.75, 3.05) is 18.4 Å². The van der Waals surface area contributed by atoms with E-state index in [0.29, 0.717) is 25.2 Å². The molecule has 0 saturated carbocycles. The Hall–Kier alpha value is -3.57. The average molecular weight is 470 g/mol. The Labute approximate surface area is 191 Å². The summed E-state index contributed by atoms with van der Waals surface area (Å²) in [5.74, 6) is -0.0585. The first kappa shape index (κ1) is 22.6. The van der Waals surface area contributed by atoms with E-state index in [0.717, 1.165) is 5.56 Å². The molecule has 0 spiro atoms. The monoisotopic (exact) mass is 469 g/mol. The third-order valence-corrected chi connectivity index (χ3v) is 7.50. The lowest BCUT2D eigenvalue weighted by Crippen LogP contribution is -2.41. The molecule has 1 N–H and O–H groups in total. The molecule has 0 radical (unpaired) electrons. The van der Waals surface area contributed by atoms with Gasteiger partial charge in [0.25, 0.3) is 5.69 Å². The zero-order valence-electron chi connectivity index (χ0n) is 17.7. The summed E-state index contributed by atoms with van der Waals surface area (Å²) in [6, 6.07) is 16.4. The molecular weight excluding hydrogens is 446 g/mol. The van der Waals surface area contributed by atoms with E-state index in [4.69, 9.17) is 0 Å². The van der Waals surface area contributed by atoms with Crippen LogP contribution >= 0.6 is 0 Å². The maximum absolute atomic E-state index is 12.8. The number of aromatic nitrogens is 2. The van der Waals surface area contributed by atoms with E-state index in [1.165, 1.54) is 28.6 Å². The third kappa shape index (κ3) is 5.26. The van der Waals surface area contributed by atoms with Crippen molar-refractivity contribution < 1.29 is 18.1 Å². The largest absolute Gasteiger partial charge is 0.309 e. The van der Waals surface area contributed by atoms with Gasteiger partial charge in [0, 0.05) is 43.4 Å². The highest BCUT2D eigenvalue weighted by atomic mass is 32.2. The molecule has 172 valence electrons. The highest BCUT2D eigenvalue weighted by molar-refractivity contribution is 7.89. The van der Waals surface area contributed by atoms with E-state index < -0.39 is 14.9 Å². The second kappa shape index (κ2) is 9.51. The zero-order valence-corrected chi connectivity index (χ0v) is 18.5. The van der Waals surface area contributed by atoms with Gasteiger partial charge in [-0.05, 0) is 30.5 Å². The summed E-state index contributed by atoms with van der Waals surface area (Å²) in [4.78, 5) is 22.9. The normalized spacial score (nSPS) is 15.3. The summed E-state index contributed by atoms with van der Waals surface area (Å²) >= 11 is 0. The molecule has 0 atom stereocenters. The van der Waals surface area contributed by atoms with Gasteiger partial charge in [-0.2, -0.15) is 9.40 Å². The second-order valence-corrected chi connectivity index (χ2v) is 9.74. The average Bonchev–Trinajstić information content (AvgIpc) is 3.26. The van der Waals surface area contributed by atoms with Gasteiger partial charge in [-0.25, -0.2) is 8.42 Å². The number of non-ortho nitro benzene ring substituents is 1. The van der Waals surface area contributed by atoms with Gasteiger partial charge in [-0.1, -0.05) is 30.3 Å². The molecule has 33 heavy (non-hydrogen) atoms. The van der Waals surface area contributed by atoms with Gasteiger partial charge in [0.15, 0.2) is 5.82 Å². The molecule has 1 fully saturated rings. The van der Waals surface area contributed by atoms with Crippen LogP contribution in [0.1, 0.15) is 18.4 Å². The molecule has 2 heterocycles. The molecule has 1 aliphatic rings. The minimum atomic E-state index is -3.78. The van der Waals surface area contributed by atoms with Gasteiger partial charge >= 0.3 is 0 Å². The quantitative estimate of drug-likeness (QED) is 0.419. The minimum absolute atomic E-state index is 0.0000395. The first-order valence-electron chi connectivity index (χ1n) is 10.5. The Kier molecular flexibility index (Phi) is 6.52. The maximum atomic E-state index is 12.8. The molecule has 0 unspecified atom stereocenters. The summed E-state index contributed by atoms with van der Waals surface area (Å²) in [7, 11) is -3.78. The van der Waals surface area contributed by atoms with Crippen molar-refractivity contribution in [2.45, 2.75) is 24.3 Å². The van der Waals surface area contributed by atoms with E-state index in [-0.39, 0.29) is 35.5 Å². The molecule has 10 nitrogen and oxygen atoms in total. The number of nitrogens with zero attached hydrogens (tertiary/aromatic N) is 4. The number of hydrogen-bond acceptors (Lipinski definition) is 6. The Balaban J connectivity index is 1.32. The lowest BCUT2D eigenvalue weighted by Gasteiger charge is -2.30. The predicted molar refractivity (Wildman–Crippen MR) is 121 cm³/mol. The fourth-order valence-electron chi connectivity index (χ4n) is 3.76. The standard InChI is InChI=1S/C22H23N5O5S/c28-22(23-21-12-13-25(24-21)16-17-4-2-1-3-5-17)18-10-14-26(15-11-18)33(31,32)20-8-6-19(7-9-20)27(29)30/h1-9,12-13,18H,10-11,14-16H2,(H,23,24,28). The van der Waals surface area contributed by atoms with Crippen molar-refractivity contribution in [3.63, 3.8) is 0 Å². The van der Waals surface area contributed by atoms with Crippen molar-refractivity contribution >= 4 is 27.4 Å². The number of benzene rings is 2. The number of nitro groups is 1. The topological polar surface area (TPSA) is 127 Å². The third-order valence-electron chi connectivity index (χ3n) is 5.59. The van der Waals surface area contributed by atoms with Gasteiger partial charge < -0.3 is 5.32 Å². The number of amides is 1. The number of hydrogen-bond donors (Lipinski definition) is 1. The number of rotatable bonds is 7. The number of carbonyl (C=O) groups excluding carboxylic acids is 1. The lowest BCUT2D eigenvalue weighted by molar-refractivity contribution is -0.384. The van der Waals surface area contributed by atoms with E-state index in [9.17, 15) is 23.3 Å². The minimum Gasteiger partial charge on any atom is -0.309 e. The van der Waals surface area contributed by atoms with Crippen molar-refractivity contribution in [3.05, 3.63) is 82.5 Å². The van der Waals surface area contributed by atoms with Crippen LogP contribution in [0.15, 0.2) is 71.8 Å². The van der Waals surface area contributed by atoms with Crippen LogP contribution in [0.4, 0.5) is 11.5 Å². The van der Waals surface area contributed by atoms with Crippen molar-refractivity contribution in [2.24, 2.45) is 5.92 Å². The Morgan fingerprint density at radius 1 is 1.06 bits per heavy atom. The van der Waals surface area contributed by atoms with E-state index >= 15 is 0 Å². The maximum Gasteiger partial charge on any atom is 0.269 e. The van der Waals surface area contributed by atoms with Crippen molar-refractivity contribution in [1.82, 2.24) is 14.1 Å². The van der Waals surface area contributed by atoms with Crippen LogP contribution in [0, 0.1) is 16.0 Å². The van der Waals surface area contributed by atoms with Gasteiger partial charge in [-0.15, -0.1) is 0 Å². The van der Waals surface area contributed by atoms with Crippen LogP contribution in [0.25, 0.3) is 0 Å². The summed E-state index contributed by atoms with van der Waals surface area (Å²) < 4.78 is 28.7. The van der Waals surface area contributed by atoms with Gasteiger partial charge in [0.2, 0.25) is 15.9 Å². The number of nitrogens with one attached hydrogen (secondary N) is 1. The van der Waals surface area contributed by atoms with Gasteiger partial charge in [-0.3, -0.25) is 19.6 Å². The lowest BCUT2D eigenvalue weighted by atomic mass is 9.97.